The molecule has 0 aliphatic heterocycles. The Labute approximate surface area is 143 Å². The summed E-state index contributed by atoms with van der Waals surface area (Å²) in [6, 6.07) is 15.7. The van der Waals surface area contributed by atoms with Crippen molar-refractivity contribution in [2.45, 2.75) is 11.4 Å². The monoisotopic (exact) mass is 342 g/mol. The molecule has 24 heavy (non-hydrogen) atoms. The molecule has 0 amide bonds. The highest BCUT2D eigenvalue weighted by Crippen LogP contribution is 2.29. The highest BCUT2D eigenvalue weighted by molar-refractivity contribution is 7.98. The first-order valence-electron chi connectivity index (χ1n) is 7.45. The molecule has 0 spiro atoms. The fourth-order valence-electron chi connectivity index (χ4n) is 2.42. The zero-order chi connectivity index (χ0) is 16.9. The van der Waals surface area contributed by atoms with Gasteiger partial charge in [-0.2, -0.15) is 0 Å². The molecule has 122 valence electrons. The maximum absolute atomic E-state index is 13.6. The molecule has 1 N–H and O–H groups in total. The molecule has 5 heteroatoms. The lowest BCUT2D eigenvalue weighted by molar-refractivity contribution is 0.560. The zero-order valence-electron chi connectivity index (χ0n) is 13.1. The first-order chi connectivity index (χ1) is 11.7. The van der Waals surface area contributed by atoms with Gasteiger partial charge in [-0.3, -0.25) is 0 Å². The molecule has 0 saturated heterocycles. The predicted molar refractivity (Wildman–Crippen MR) is 95.1 cm³/mol. The predicted octanol–water partition coefficient (Wildman–Crippen LogP) is 5.36. The van der Waals surface area contributed by atoms with E-state index in [0.717, 1.165) is 11.1 Å². The molecule has 0 aliphatic carbocycles. The Hall–Kier alpha value is -2.40. The molecule has 0 bridgehead atoms. The van der Waals surface area contributed by atoms with Crippen molar-refractivity contribution in [2.24, 2.45) is 0 Å². The van der Waals surface area contributed by atoms with Crippen molar-refractivity contribution >= 4 is 17.6 Å². The second-order valence-electron chi connectivity index (χ2n) is 5.19. The van der Waals surface area contributed by atoms with E-state index in [1.807, 2.05) is 36.6 Å². The Bertz CT molecular complexity index is 815. The third-order valence-electron chi connectivity index (χ3n) is 3.69. The molecular formula is C19H16F2N2S. The van der Waals surface area contributed by atoms with E-state index in [1.54, 1.807) is 18.0 Å². The molecule has 0 fully saturated rings. The molecule has 0 atom stereocenters. The molecule has 0 unspecified atom stereocenters. The highest BCUT2D eigenvalue weighted by atomic mass is 32.2. The van der Waals surface area contributed by atoms with Crippen LogP contribution in [0.5, 0.6) is 0 Å². The first kappa shape index (κ1) is 16.5. The Morgan fingerprint density at radius 2 is 1.71 bits per heavy atom. The Morgan fingerprint density at radius 1 is 0.958 bits per heavy atom. The lowest BCUT2D eigenvalue weighted by atomic mass is 10.1. The summed E-state index contributed by atoms with van der Waals surface area (Å²) in [6.07, 6.45) is 3.79. The van der Waals surface area contributed by atoms with E-state index >= 15 is 0 Å². The Morgan fingerprint density at radius 3 is 2.38 bits per heavy atom. The summed E-state index contributed by atoms with van der Waals surface area (Å²) in [4.78, 5) is 5.51. The van der Waals surface area contributed by atoms with E-state index in [1.165, 1.54) is 23.1 Å². The number of benzene rings is 2. The summed E-state index contributed by atoms with van der Waals surface area (Å²) in [5.74, 6) is -0.552. The number of nitrogens with zero attached hydrogens (tertiary/aromatic N) is 1. The van der Waals surface area contributed by atoms with E-state index in [4.69, 9.17) is 0 Å². The fraction of sp³-hybridized carbons (Fsp3) is 0.105. The molecule has 0 saturated carbocycles. The largest absolute Gasteiger partial charge is 0.366 e. The van der Waals surface area contributed by atoms with Gasteiger partial charge in [0.05, 0.1) is 0 Å². The third-order valence-corrected chi connectivity index (χ3v) is 4.49. The summed E-state index contributed by atoms with van der Waals surface area (Å²) in [5, 5.41) is 2.95. The van der Waals surface area contributed by atoms with E-state index < -0.39 is 11.6 Å². The Balaban J connectivity index is 1.76. The maximum Gasteiger partial charge on any atom is 0.131 e. The Kier molecular flexibility index (Phi) is 5.11. The minimum atomic E-state index is -0.562. The van der Waals surface area contributed by atoms with Gasteiger partial charge < -0.3 is 5.32 Å². The lowest BCUT2D eigenvalue weighted by Crippen LogP contribution is -2.05. The number of rotatable bonds is 5. The van der Waals surface area contributed by atoms with Crippen LogP contribution < -0.4 is 5.32 Å². The van der Waals surface area contributed by atoms with Gasteiger partial charge in [0.25, 0.3) is 0 Å². The summed E-state index contributed by atoms with van der Waals surface area (Å²) < 4.78 is 27.2. The second-order valence-corrected chi connectivity index (χ2v) is 6.03. The van der Waals surface area contributed by atoms with Crippen LogP contribution in [-0.2, 0) is 6.54 Å². The van der Waals surface area contributed by atoms with Crippen molar-refractivity contribution in [3.05, 3.63) is 78.0 Å². The quantitative estimate of drug-likeness (QED) is 0.632. The topological polar surface area (TPSA) is 24.9 Å². The minimum Gasteiger partial charge on any atom is -0.366 e. The number of aromatic nitrogens is 1. The van der Waals surface area contributed by atoms with E-state index in [9.17, 15) is 8.78 Å². The maximum atomic E-state index is 13.6. The van der Waals surface area contributed by atoms with Gasteiger partial charge in [-0.25, -0.2) is 13.8 Å². The van der Waals surface area contributed by atoms with E-state index in [0.29, 0.717) is 5.82 Å². The van der Waals surface area contributed by atoms with Crippen molar-refractivity contribution in [3.8, 4) is 11.1 Å². The SMILES string of the molecule is CSc1ccccc1-c1ccc(NCc2c(F)cccc2F)nc1. The number of halogens is 2. The van der Waals surface area contributed by atoms with E-state index in [2.05, 4.69) is 16.4 Å². The van der Waals surface area contributed by atoms with Crippen molar-refractivity contribution < 1.29 is 8.78 Å². The van der Waals surface area contributed by atoms with Crippen molar-refractivity contribution in [3.63, 3.8) is 0 Å². The molecule has 2 aromatic carbocycles. The highest BCUT2D eigenvalue weighted by Gasteiger charge is 2.09. The normalized spacial score (nSPS) is 10.6. The number of nitrogens with one attached hydrogen (secondary N) is 1. The van der Waals surface area contributed by atoms with Crippen LogP contribution in [-0.4, -0.2) is 11.2 Å². The summed E-state index contributed by atoms with van der Waals surface area (Å²) >= 11 is 1.68. The molecule has 0 radical (unpaired) electrons. The minimum absolute atomic E-state index is 0.0103. The van der Waals surface area contributed by atoms with Gasteiger partial charge >= 0.3 is 0 Å². The molecule has 1 heterocycles. The zero-order valence-corrected chi connectivity index (χ0v) is 13.9. The second kappa shape index (κ2) is 7.45. The third kappa shape index (κ3) is 3.57. The van der Waals surface area contributed by atoms with E-state index in [-0.39, 0.29) is 12.1 Å². The first-order valence-corrected chi connectivity index (χ1v) is 8.67. The van der Waals surface area contributed by atoms with Crippen molar-refractivity contribution in [2.75, 3.05) is 11.6 Å². The van der Waals surface area contributed by atoms with Crippen LogP contribution in [0.1, 0.15) is 5.56 Å². The van der Waals surface area contributed by atoms with Gasteiger partial charge in [0.1, 0.15) is 17.5 Å². The molecule has 0 aliphatic rings. The van der Waals surface area contributed by atoms with Gasteiger partial charge in [0, 0.05) is 28.8 Å². The van der Waals surface area contributed by atoms with Crippen LogP contribution in [0.2, 0.25) is 0 Å². The molecule has 1 aromatic heterocycles. The van der Waals surface area contributed by atoms with Crippen molar-refractivity contribution in [1.29, 1.82) is 0 Å². The fourth-order valence-corrected chi connectivity index (χ4v) is 3.04. The average molecular weight is 342 g/mol. The van der Waals surface area contributed by atoms with Gasteiger partial charge in [-0.05, 0) is 42.2 Å². The van der Waals surface area contributed by atoms with Crippen LogP contribution >= 0.6 is 11.8 Å². The molecule has 2 nitrogen and oxygen atoms in total. The number of anilines is 1. The van der Waals surface area contributed by atoms with Crippen LogP contribution in [0.15, 0.2) is 65.7 Å². The molecular weight excluding hydrogens is 326 g/mol. The molecule has 3 rings (SSSR count). The number of thioether (sulfide) groups is 1. The number of pyridine rings is 1. The van der Waals surface area contributed by atoms with Crippen LogP contribution in [0, 0.1) is 11.6 Å². The number of hydrogen-bond acceptors (Lipinski definition) is 3. The summed E-state index contributed by atoms with van der Waals surface area (Å²) in [7, 11) is 0. The number of hydrogen-bond donors (Lipinski definition) is 1. The lowest BCUT2D eigenvalue weighted by Gasteiger charge is -2.10. The summed E-state index contributed by atoms with van der Waals surface area (Å²) in [5.41, 5.74) is 2.13. The van der Waals surface area contributed by atoms with Crippen LogP contribution in [0.4, 0.5) is 14.6 Å². The standard InChI is InChI=1S/C19H16F2N2S/c1-24-18-8-3-2-5-14(18)13-9-10-19(22-11-13)23-12-15-16(20)6-4-7-17(15)21/h2-11H,12H2,1H3,(H,22,23). The van der Waals surface area contributed by atoms with Gasteiger partial charge in [0.2, 0.25) is 0 Å². The van der Waals surface area contributed by atoms with Crippen LogP contribution in [0.25, 0.3) is 11.1 Å². The van der Waals surface area contributed by atoms with Crippen molar-refractivity contribution in [1.82, 2.24) is 4.98 Å². The molecule has 3 aromatic rings. The van der Waals surface area contributed by atoms with Crippen LogP contribution in [0.3, 0.4) is 0 Å². The van der Waals surface area contributed by atoms with Gasteiger partial charge in [0.15, 0.2) is 0 Å². The smallest absolute Gasteiger partial charge is 0.131 e. The van der Waals surface area contributed by atoms with Gasteiger partial charge in [-0.15, -0.1) is 11.8 Å². The average Bonchev–Trinajstić information content (AvgIpc) is 2.62. The summed E-state index contributed by atoms with van der Waals surface area (Å²) in [6.45, 7) is 0.0479. The van der Waals surface area contributed by atoms with Gasteiger partial charge in [-0.1, -0.05) is 24.3 Å².